The number of halogens is 1. The third-order valence-electron chi connectivity index (χ3n) is 4.25. The molecule has 4 aromatic rings. The number of phenols is 1. The van der Waals surface area contributed by atoms with Gasteiger partial charge in [0, 0.05) is 4.47 Å². The van der Waals surface area contributed by atoms with E-state index in [0.29, 0.717) is 19.0 Å². The Morgan fingerprint density at radius 3 is 1.66 bits per heavy atom. The van der Waals surface area contributed by atoms with Crippen molar-refractivity contribution in [3.63, 3.8) is 0 Å². The first-order chi connectivity index (χ1) is 14.2. The SMILES string of the molecule is Oc1ccc(-c2cccc(Br)c2)cc1.c1ccc(COCc2ccccc2)cc1. The molecule has 0 amide bonds. The zero-order valence-electron chi connectivity index (χ0n) is 16.0. The molecule has 0 aliphatic rings. The van der Waals surface area contributed by atoms with Crippen LogP contribution in [0.4, 0.5) is 0 Å². The molecular formula is C26H23BrO2. The van der Waals surface area contributed by atoms with Crippen LogP contribution in [0.25, 0.3) is 11.1 Å². The maximum absolute atomic E-state index is 9.15. The Labute approximate surface area is 180 Å². The summed E-state index contributed by atoms with van der Waals surface area (Å²) in [5, 5.41) is 9.15. The van der Waals surface area contributed by atoms with Crippen LogP contribution >= 0.6 is 15.9 Å². The molecule has 0 unspecified atom stereocenters. The summed E-state index contributed by atoms with van der Waals surface area (Å²) in [6.45, 7) is 1.35. The number of hydrogen-bond donors (Lipinski definition) is 1. The molecule has 0 atom stereocenters. The largest absolute Gasteiger partial charge is 0.508 e. The van der Waals surface area contributed by atoms with Gasteiger partial charge in [0.25, 0.3) is 0 Å². The Bertz CT molecular complexity index is 944. The summed E-state index contributed by atoms with van der Waals surface area (Å²) in [5.74, 6) is 0.295. The molecule has 146 valence electrons. The zero-order valence-corrected chi connectivity index (χ0v) is 17.6. The molecule has 0 saturated heterocycles. The van der Waals surface area contributed by atoms with Gasteiger partial charge in [-0.15, -0.1) is 0 Å². The van der Waals surface area contributed by atoms with Crippen molar-refractivity contribution in [2.24, 2.45) is 0 Å². The summed E-state index contributed by atoms with van der Waals surface area (Å²) < 4.78 is 6.66. The van der Waals surface area contributed by atoms with E-state index in [1.54, 1.807) is 12.1 Å². The zero-order chi connectivity index (χ0) is 20.3. The molecule has 3 heteroatoms. The van der Waals surface area contributed by atoms with E-state index >= 15 is 0 Å². The third-order valence-corrected chi connectivity index (χ3v) is 4.74. The summed E-state index contributed by atoms with van der Waals surface area (Å²) >= 11 is 3.42. The smallest absolute Gasteiger partial charge is 0.115 e. The average molecular weight is 447 g/mol. The van der Waals surface area contributed by atoms with Gasteiger partial charge in [-0.05, 0) is 46.5 Å². The van der Waals surface area contributed by atoms with Crippen LogP contribution in [0.2, 0.25) is 0 Å². The van der Waals surface area contributed by atoms with Crippen LogP contribution in [0.5, 0.6) is 5.75 Å². The van der Waals surface area contributed by atoms with E-state index in [4.69, 9.17) is 9.84 Å². The number of benzene rings is 4. The second kappa shape index (κ2) is 11.2. The highest BCUT2D eigenvalue weighted by atomic mass is 79.9. The molecule has 4 aromatic carbocycles. The lowest BCUT2D eigenvalue weighted by molar-refractivity contribution is 0.107. The maximum Gasteiger partial charge on any atom is 0.115 e. The number of phenolic OH excluding ortho intramolecular Hbond substituents is 1. The van der Waals surface area contributed by atoms with E-state index in [2.05, 4.69) is 40.2 Å². The molecule has 1 N–H and O–H groups in total. The number of aromatic hydroxyl groups is 1. The van der Waals surface area contributed by atoms with Crippen molar-refractivity contribution in [3.8, 4) is 16.9 Å². The van der Waals surface area contributed by atoms with Crippen molar-refractivity contribution in [2.75, 3.05) is 0 Å². The summed E-state index contributed by atoms with van der Waals surface area (Å²) in [6, 6.07) is 35.7. The van der Waals surface area contributed by atoms with E-state index in [-0.39, 0.29) is 0 Å². The molecule has 0 heterocycles. The monoisotopic (exact) mass is 446 g/mol. The first-order valence-electron chi connectivity index (χ1n) is 9.41. The van der Waals surface area contributed by atoms with Crippen molar-refractivity contribution >= 4 is 15.9 Å². The quantitative estimate of drug-likeness (QED) is 0.350. The molecule has 0 bridgehead atoms. The predicted octanol–water partition coefficient (Wildman–Crippen LogP) is 7.23. The maximum atomic E-state index is 9.15. The van der Waals surface area contributed by atoms with E-state index in [1.807, 2.05) is 72.8 Å². The molecule has 4 rings (SSSR count). The van der Waals surface area contributed by atoms with Crippen LogP contribution in [0.3, 0.4) is 0 Å². The number of rotatable bonds is 5. The number of ether oxygens (including phenoxy) is 1. The van der Waals surface area contributed by atoms with Crippen molar-refractivity contribution in [3.05, 3.63) is 125 Å². The Hall–Kier alpha value is -2.88. The Balaban J connectivity index is 0.000000166. The van der Waals surface area contributed by atoms with E-state index in [0.717, 1.165) is 15.6 Å². The van der Waals surface area contributed by atoms with Gasteiger partial charge in [-0.2, -0.15) is 0 Å². The minimum atomic E-state index is 0.295. The Kier molecular flexibility index (Phi) is 8.05. The van der Waals surface area contributed by atoms with Crippen LogP contribution in [0, 0.1) is 0 Å². The summed E-state index contributed by atoms with van der Waals surface area (Å²) in [5.41, 5.74) is 4.67. The topological polar surface area (TPSA) is 29.5 Å². The first-order valence-corrected chi connectivity index (χ1v) is 10.2. The standard InChI is InChI=1S/C14H14O.C12H9BrO/c1-3-7-13(8-4-1)11-15-12-14-9-5-2-6-10-14;13-11-3-1-2-10(8-11)9-4-6-12(14)7-5-9/h1-10H,11-12H2;1-8,14H. The fourth-order valence-electron chi connectivity index (χ4n) is 2.76. The van der Waals surface area contributed by atoms with Gasteiger partial charge in [0.2, 0.25) is 0 Å². The summed E-state index contributed by atoms with van der Waals surface area (Å²) in [7, 11) is 0. The first kappa shape index (κ1) is 20.8. The minimum Gasteiger partial charge on any atom is -0.508 e. The van der Waals surface area contributed by atoms with Crippen molar-refractivity contribution in [1.82, 2.24) is 0 Å². The molecule has 2 nitrogen and oxygen atoms in total. The average Bonchev–Trinajstić information content (AvgIpc) is 2.76. The third kappa shape index (κ3) is 7.22. The minimum absolute atomic E-state index is 0.295. The molecule has 29 heavy (non-hydrogen) atoms. The predicted molar refractivity (Wildman–Crippen MR) is 123 cm³/mol. The van der Waals surface area contributed by atoms with E-state index in [9.17, 15) is 0 Å². The summed E-state index contributed by atoms with van der Waals surface area (Å²) in [4.78, 5) is 0. The molecule has 0 fully saturated rings. The van der Waals surface area contributed by atoms with Gasteiger partial charge in [0.05, 0.1) is 13.2 Å². The molecule has 0 aliphatic heterocycles. The lowest BCUT2D eigenvalue weighted by Crippen LogP contribution is -1.93. The van der Waals surface area contributed by atoms with Gasteiger partial charge >= 0.3 is 0 Å². The van der Waals surface area contributed by atoms with Crippen LogP contribution in [-0.2, 0) is 18.0 Å². The highest BCUT2D eigenvalue weighted by molar-refractivity contribution is 9.10. The second-order valence-electron chi connectivity index (χ2n) is 6.52. The van der Waals surface area contributed by atoms with Gasteiger partial charge < -0.3 is 9.84 Å². The van der Waals surface area contributed by atoms with Gasteiger partial charge in [0.15, 0.2) is 0 Å². The van der Waals surface area contributed by atoms with Crippen LogP contribution < -0.4 is 0 Å². The summed E-state index contributed by atoms with van der Waals surface area (Å²) in [6.07, 6.45) is 0. The van der Waals surface area contributed by atoms with Crippen LogP contribution in [0.1, 0.15) is 11.1 Å². The molecule has 0 aromatic heterocycles. The van der Waals surface area contributed by atoms with Crippen LogP contribution in [0.15, 0.2) is 114 Å². The van der Waals surface area contributed by atoms with Gasteiger partial charge in [0.1, 0.15) is 5.75 Å². The lowest BCUT2D eigenvalue weighted by atomic mass is 10.1. The van der Waals surface area contributed by atoms with Gasteiger partial charge in [-0.25, -0.2) is 0 Å². The molecular weight excluding hydrogens is 424 g/mol. The van der Waals surface area contributed by atoms with Crippen LogP contribution in [-0.4, -0.2) is 5.11 Å². The van der Waals surface area contributed by atoms with E-state index in [1.165, 1.54) is 11.1 Å². The normalized spacial score (nSPS) is 10.1. The molecule has 0 spiro atoms. The second-order valence-corrected chi connectivity index (χ2v) is 7.44. The highest BCUT2D eigenvalue weighted by Gasteiger charge is 1.97. The Morgan fingerprint density at radius 1 is 0.586 bits per heavy atom. The van der Waals surface area contributed by atoms with Crippen molar-refractivity contribution in [2.45, 2.75) is 13.2 Å². The molecule has 0 saturated carbocycles. The van der Waals surface area contributed by atoms with Gasteiger partial charge in [-0.1, -0.05) is 101 Å². The van der Waals surface area contributed by atoms with E-state index < -0.39 is 0 Å². The highest BCUT2D eigenvalue weighted by Crippen LogP contribution is 2.24. The molecule has 0 radical (unpaired) electrons. The molecule has 0 aliphatic carbocycles. The lowest BCUT2D eigenvalue weighted by Gasteiger charge is -2.03. The fourth-order valence-corrected chi connectivity index (χ4v) is 3.16. The van der Waals surface area contributed by atoms with Gasteiger partial charge in [-0.3, -0.25) is 0 Å². The van der Waals surface area contributed by atoms with Crippen molar-refractivity contribution in [1.29, 1.82) is 0 Å². The van der Waals surface area contributed by atoms with Crippen molar-refractivity contribution < 1.29 is 9.84 Å². The fraction of sp³-hybridized carbons (Fsp3) is 0.0769. The Morgan fingerprint density at radius 2 is 1.14 bits per heavy atom. The number of hydrogen-bond acceptors (Lipinski definition) is 2.